The quantitative estimate of drug-likeness (QED) is 0.188. The summed E-state index contributed by atoms with van der Waals surface area (Å²) in [6.07, 6.45) is 9.89. The maximum Gasteiger partial charge on any atom is 0.126 e. The molecule has 1 nitrogen and oxygen atoms in total. The van der Waals surface area contributed by atoms with Gasteiger partial charge in [-0.1, -0.05) is 104 Å². The molecule has 4 aromatic rings. The van der Waals surface area contributed by atoms with Gasteiger partial charge in [-0.3, -0.25) is 4.39 Å². The van der Waals surface area contributed by atoms with Crippen LogP contribution in [0.4, 0.5) is 8.78 Å². The average molecular weight is 588 g/mol. The lowest BCUT2D eigenvalue weighted by atomic mass is 9.85. The van der Waals surface area contributed by atoms with Crippen LogP contribution in [0.2, 0.25) is 0 Å². The molecule has 1 aliphatic carbocycles. The number of nitrogens with zero attached hydrogens (tertiary/aromatic N) is 1. The van der Waals surface area contributed by atoms with Gasteiger partial charge >= 0.3 is 0 Å². The summed E-state index contributed by atoms with van der Waals surface area (Å²) in [5.74, 6) is 0.396. The predicted octanol–water partition coefficient (Wildman–Crippen LogP) is 10.4. The van der Waals surface area contributed by atoms with E-state index in [0.717, 1.165) is 56.4 Å². The maximum absolute atomic E-state index is 15.1. The van der Waals surface area contributed by atoms with Gasteiger partial charge in [0.2, 0.25) is 0 Å². The van der Waals surface area contributed by atoms with Crippen LogP contribution in [0.1, 0.15) is 71.6 Å². The van der Waals surface area contributed by atoms with Gasteiger partial charge in [0.1, 0.15) is 5.82 Å². The second-order valence-corrected chi connectivity index (χ2v) is 12.4. The van der Waals surface area contributed by atoms with Crippen molar-refractivity contribution in [2.75, 3.05) is 26.3 Å². The molecule has 1 heterocycles. The first-order valence-electron chi connectivity index (χ1n) is 16.3. The number of alkyl halides is 1. The Hall–Kier alpha value is -3.82. The number of rotatable bonds is 9. The summed E-state index contributed by atoms with van der Waals surface area (Å²) in [7, 11) is 0. The van der Waals surface area contributed by atoms with Gasteiger partial charge in [-0.15, -0.1) is 0 Å². The molecule has 0 saturated carbocycles. The number of allylic oxidation sites excluding steroid dienone is 1. The molecule has 6 rings (SSSR count). The van der Waals surface area contributed by atoms with Crippen LogP contribution in [0.25, 0.3) is 28.3 Å². The molecule has 0 bridgehead atoms. The van der Waals surface area contributed by atoms with Crippen molar-refractivity contribution in [1.29, 1.82) is 0 Å². The smallest absolute Gasteiger partial charge is 0.126 e. The molecule has 1 aliphatic heterocycles. The van der Waals surface area contributed by atoms with Gasteiger partial charge in [0.15, 0.2) is 0 Å². The molecule has 1 saturated heterocycles. The number of halogens is 2. The SMILES string of the molecule is CCc1c(F)cccc1C1=C(c2ccc(/C=C\[C@H]3CCN(CCCF)C3)cc2)c2ccc(-c3cccc(C)c3)cc2CCC1. The van der Waals surface area contributed by atoms with Gasteiger partial charge < -0.3 is 4.90 Å². The maximum atomic E-state index is 15.1. The second kappa shape index (κ2) is 13.9. The van der Waals surface area contributed by atoms with E-state index in [1.165, 1.54) is 50.1 Å². The zero-order valence-corrected chi connectivity index (χ0v) is 26.1. The summed E-state index contributed by atoms with van der Waals surface area (Å²) in [4.78, 5) is 2.37. The summed E-state index contributed by atoms with van der Waals surface area (Å²) in [5.41, 5.74) is 13.0. The van der Waals surface area contributed by atoms with Crippen molar-refractivity contribution in [3.8, 4) is 11.1 Å². The highest BCUT2D eigenvalue weighted by Crippen LogP contribution is 2.42. The minimum Gasteiger partial charge on any atom is -0.303 e. The first-order valence-corrected chi connectivity index (χ1v) is 16.3. The topological polar surface area (TPSA) is 3.24 Å². The molecule has 0 spiro atoms. The summed E-state index contributed by atoms with van der Waals surface area (Å²) < 4.78 is 27.7. The molecule has 44 heavy (non-hydrogen) atoms. The predicted molar refractivity (Wildman–Crippen MR) is 182 cm³/mol. The van der Waals surface area contributed by atoms with E-state index in [9.17, 15) is 4.39 Å². The van der Waals surface area contributed by atoms with Crippen molar-refractivity contribution in [2.24, 2.45) is 5.92 Å². The van der Waals surface area contributed by atoms with Crippen molar-refractivity contribution >= 4 is 17.2 Å². The van der Waals surface area contributed by atoms with Crippen molar-refractivity contribution < 1.29 is 8.78 Å². The third-order valence-corrected chi connectivity index (χ3v) is 9.38. The number of benzene rings is 4. The summed E-state index contributed by atoms with van der Waals surface area (Å²) in [6.45, 7) is 6.87. The van der Waals surface area contributed by atoms with Crippen LogP contribution < -0.4 is 0 Å². The highest BCUT2D eigenvalue weighted by atomic mass is 19.1. The number of hydrogen-bond acceptors (Lipinski definition) is 1. The van der Waals surface area contributed by atoms with Crippen LogP contribution in [0.3, 0.4) is 0 Å². The zero-order chi connectivity index (χ0) is 30.5. The Bertz CT molecular complexity index is 1660. The molecule has 0 unspecified atom stereocenters. The third kappa shape index (κ3) is 6.64. The van der Waals surface area contributed by atoms with Gasteiger partial charge in [0.25, 0.3) is 0 Å². The molecule has 4 aromatic carbocycles. The minimum absolute atomic E-state index is 0.119. The zero-order valence-electron chi connectivity index (χ0n) is 26.1. The van der Waals surface area contributed by atoms with Crippen LogP contribution in [0.5, 0.6) is 0 Å². The lowest BCUT2D eigenvalue weighted by Crippen LogP contribution is -2.21. The highest BCUT2D eigenvalue weighted by Gasteiger charge is 2.23. The average Bonchev–Trinajstić information content (AvgIpc) is 3.42. The monoisotopic (exact) mass is 587 g/mol. The molecule has 0 N–H and O–H groups in total. The van der Waals surface area contributed by atoms with Crippen LogP contribution in [0, 0.1) is 18.7 Å². The van der Waals surface area contributed by atoms with E-state index >= 15 is 4.39 Å². The second-order valence-electron chi connectivity index (χ2n) is 12.4. The third-order valence-electron chi connectivity index (χ3n) is 9.38. The van der Waals surface area contributed by atoms with E-state index in [1.54, 1.807) is 6.07 Å². The van der Waals surface area contributed by atoms with Gasteiger partial charge in [-0.05, 0) is 120 Å². The van der Waals surface area contributed by atoms with E-state index in [1.807, 2.05) is 13.0 Å². The first kappa shape index (κ1) is 30.2. The molecule has 0 aromatic heterocycles. The lowest BCUT2D eigenvalue weighted by molar-refractivity contribution is 0.307. The molecule has 0 amide bonds. The lowest BCUT2D eigenvalue weighted by Gasteiger charge is -2.19. The van der Waals surface area contributed by atoms with Crippen LogP contribution >= 0.6 is 0 Å². The number of fused-ring (bicyclic) bond motifs is 1. The number of hydrogen-bond donors (Lipinski definition) is 0. The summed E-state index contributed by atoms with van der Waals surface area (Å²) >= 11 is 0. The largest absolute Gasteiger partial charge is 0.303 e. The van der Waals surface area contributed by atoms with Crippen LogP contribution in [-0.2, 0) is 12.8 Å². The van der Waals surface area contributed by atoms with Crippen molar-refractivity contribution in [2.45, 2.75) is 52.4 Å². The van der Waals surface area contributed by atoms with E-state index in [2.05, 4.69) is 96.8 Å². The molecule has 1 atom stereocenters. The van der Waals surface area contributed by atoms with E-state index in [0.29, 0.717) is 18.8 Å². The fraction of sp³-hybridized carbons (Fsp3) is 0.317. The van der Waals surface area contributed by atoms with Gasteiger partial charge in [-0.2, -0.15) is 0 Å². The number of aryl methyl sites for hydroxylation is 2. The van der Waals surface area contributed by atoms with Crippen molar-refractivity contribution in [3.05, 3.63) is 136 Å². The Balaban J connectivity index is 1.38. The van der Waals surface area contributed by atoms with Gasteiger partial charge in [0.05, 0.1) is 6.67 Å². The van der Waals surface area contributed by atoms with Crippen molar-refractivity contribution in [3.63, 3.8) is 0 Å². The van der Waals surface area contributed by atoms with E-state index < -0.39 is 0 Å². The van der Waals surface area contributed by atoms with E-state index in [4.69, 9.17) is 0 Å². The Morgan fingerprint density at radius 2 is 1.66 bits per heavy atom. The number of likely N-dealkylation sites (tertiary alicyclic amines) is 1. The molecular weight excluding hydrogens is 544 g/mol. The fourth-order valence-corrected chi connectivity index (χ4v) is 7.11. The Morgan fingerprint density at radius 1 is 0.864 bits per heavy atom. The Morgan fingerprint density at radius 3 is 2.45 bits per heavy atom. The Kier molecular flexibility index (Phi) is 9.52. The normalized spacial score (nSPS) is 17.3. The standard InChI is InChI=1S/C41H43F2N/c1-3-36-38(11-6-13-40(36)43)39-12-5-10-35-27-34(33-9-4-8-29(2)26-33)20-21-37(35)41(39)32-18-16-30(17-19-32)14-15-31-22-25-44(28-31)24-7-23-42/h4,6,8-9,11,13-21,26-27,31H,3,5,7,10,12,22-25,28H2,1-2H3/b15-14-/t31-/m0/s1. The first-order chi connectivity index (χ1) is 21.5. The summed E-state index contributed by atoms with van der Waals surface area (Å²) in [5, 5.41) is 0. The van der Waals surface area contributed by atoms with Gasteiger partial charge in [0, 0.05) is 13.1 Å². The minimum atomic E-state index is -0.237. The van der Waals surface area contributed by atoms with Crippen LogP contribution in [0.15, 0.2) is 91.0 Å². The van der Waals surface area contributed by atoms with Crippen molar-refractivity contribution in [1.82, 2.24) is 4.90 Å². The summed E-state index contributed by atoms with van der Waals surface area (Å²) in [6, 6.07) is 30.1. The molecule has 3 heteroatoms. The Labute approximate surface area is 262 Å². The molecule has 226 valence electrons. The molecule has 0 radical (unpaired) electrons. The fourth-order valence-electron chi connectivity index (χ4n) is 7.11. The molecule has 1 fully saturated rings. The highest BCUT2D eigenvalue weighted by molar-refractivity contribution is 6.00. The molecular formula is C41H43F2N. The van der Waals surface area contributed by atoms with Gasteiger partial charge in [-0.25, -0.2) is 4.39 Å². The van der Waals surface area contributed by atoms with Crippen LogP contribution in [-0.4, -0.2) is 31.2 Å². The molecule has 2 aliphatic rings. The van der Waals surface area contributed by atoms with E-state index in [-0.39, 0.29) is 12.5 Å².